The van der Waals surface area contributed by atoms with Crippen molar-refractivity contribution in [3.05, 3.63) is 16.1 Å². The zero-order valence-electron chi connectivity index (χ0n) is 17.7. The number of nitrogens with zero attached hydrogens (tertiary/aromatic N) is 4. The molecule has 1 unspecified atom stereocenters. The maximum Gasteiger partial charge on any atom is 0.490 e. The number of carbonyl (C=O) groups excluding carboxylic acids is 2. The molecule has 0 aromatic carbocycles. The average Bonchev–Trinajstić information content (AvgIpc) is 3.20. The van der Waals surface area contributed by atoms with Gasteiger partial charge in [-0.15, -0.1) is 11.3 Å². The van der Waals surface area contributed by atoms with E-state index in [1.54, 1.807) is 35.2 Å². The van der Waals surface area contributed by atoms with Gasteiger partial charge in [-0.2, -0.15) is 13.2 Å². The molecule has 1 aromatic rings. The molecule has 12 heteroatoms. The molecule has 8 nitrogen and oxygen atoms in total. The zero-order valence-corrected chi connectivity index (χ0v) is 18.6. The standard InChI is InChI=1S/C17H26N4O2S.C2HF3O2/c1-13-18-14(11-24-13)9-20-7-4-5-17(12-20)6-8-21(16(17)23)10-15(22)19(2)3;3-2(4,5)1(6)7/h11H,4-10,12H2,1-3H3;(H,6,7). The SMILES string of the molecule is Cc1nc(CN2CCCC3(CCN(CC(=O)N(C)C)C3=O)C2)cs1.O=C(O)C(F)(F)F. The Labute approximate surface area is 182 Å². The van der Waals surface area contributed by atoms with Gasteiger partial charge in [0, 0.05) is 39.1 Å². The van der Waals surface area contributed by atoms with Crippen LogP contribution in [0.15, 0.2) is 5.38 Å². The number of aryl methyl sites for hydroxylation is 1. The molecule has 2 aliphatic rings. The molecule has 2 saturated heterocycles. The minimum Gasteiger partial charge on any atom is -0.475 e. The van der Waals surface area contributed by atoms with E-state index in [9.17, 15) is 22.8 Å². The number of hydrogen-bond acceptors (Lipinski definition) is 6. The number of carboxylic acids is 1. The summed E-state index contributed by atoms with van der Waals surface area (Å²) in [6, 6.07) is 0. The second-order valence-electron chi connectivity index (χ2n) is 8.02. The van der Waals surface area contributed by atoms with Crippen molar-refractivity contribution in [2.45, 2.75) is 38.9 Å². The van der Waals surface area contributed by atoms with Gasteiger partial charge in [0.1, 0.15) is 0 Å². The van der Waals surface area contributed by atoms with Crippen LogP contribution in [0.1, 0.15) is 30.0 Å². The lowest BCUT2D eigenvalue weighted by Gasteiger charge is -2.38. The van der Waals surface area contributed by atoms with E-state index >= 15 is 0 Å². The van der Waals surface area contributed by atoms with E-state index in [2.05, 4.69) is 15.3 Å². The first-order valence-corrected chi connectivity index (χ1v) is 10.6. The number of alkyl halides is 3. The molecule has 2 fully saturated rings. The predicted molar refractivity (Wildman–Crippen MR) is 107 cm³/mol. The van der Waals surface area contributed by atoms with Gasteiger partial charge < -0.3 is 14.9 Å². The van der Waals surface area contributed by atoms with Crippen LogP contribution >= 0.6 is 11.3 Å². The fraction of sp³-hybridized carbons (Fsp3) is 0.684. The van der Waals surface area contributed by atoms with Crippen molar-refractivity contribution in [2.75, 3.05) is 40.3 Å². The van der Waals surface area contributed by atoms with Crippen molar-refractivity contribution in [1.29, 1.82) is 0 Å². The molecule has 3 heterocycles. The minimum atomic E-state index is -5.08. The van der Waals surface area contributed by atoms with Gasteiger partial charge in [0.2, 0.25) is 11.8 Å². The number of likely N-dealkylation sites (N-methyl/N-ethyl adjacent to an activating group) is 1. The summed E-state index contributed by atoms with van der Waals surface area (Å²) in [5.41, 5.74) is 0.801. The summed E-state index contributed by atoms with van der Waals surface area (Å²) < 4.78 is 31.7. The van der Waals surface area contributed by atoms with E-state index < -0.39 is 12.1 Å². The van der Waals surface area contributed by atoms with Gasteiger partial charge in [-0.1, -0.05) is 0 Å². The van der Waals surface area contributed by atoms with Gasteiger partial charge in [-0.3, -0.25) is 14.5 Å². The van der Waals surface area contributed by atoms with Crippen molar-refractivity contribution < 1.29 is 32.7 Å². The topological polar surface area (TPSA) is 94.1 Å². The van der Waals surface area contributed by atoms with Crippen LogP contribution in [-0.4, -0.2) is 89.0 Å². The van der Waals surface area contributed by atoms with E-state index in [-0.39, 0.29) is 23.8 Å². The lowest BCUT2D eigenvalue weighted by Crippen LogP contribution is -2.48. The van der Waals surface area contributed by atoms with Gasteiger partial charge in [-0.05, 0) is 32.7 Å². The van der Waals surface area contributed by atoms with Crippen LogP contribution in [-0.2, 0) is 20.9 Å². The van der Waals surface area contributed by atoms with Gasteiger partial charge in [0.25, 0.3) is 0 Å². The monoisotopic (exact) mass is 464 g/mol. The molecular weight excluding hydrogens is 437 g/mol. The number of aromatic nitrogens is 1. The molecule has 1 atom stereocenters. The van der Waals surface area contributed by atoms with Crippen molar-refractivity contribution in [2.24, 2.45) is 5.41 Å². The van der Waals surface area contributed by atoms with E-state index in [0.717, 1.165) is 49.6 Å². The number of carbonyl (C=O) groups is 3. The fourth-order valence-corrected chi connectivity index (χ4v) is 4.40. The van der Waals surface area contributed by atoms with Crippen molar-refractivity contribution in [3.8, 4) is 0 Å². The molecule has 2 amide bonds. The third-order valence-corrected chi connectivity index (χ3v) is 6.20. The maximum atomic E-state index is 13.0. The second kappa shape index (κ2) is 9.94. The lowest BCUT2D eigenvalue weighted by atomic mass is 9.78. The molecule has 31 heavy (non-hydrogen) atoms. The lowest BCUT2D eigenvalue weighted by molar-refractivity contribution is -0.192. The Morgan fingerprint density at radius 1 is 1.29 bits per heavy atom. The highest BCUT2D eigenvalue weighted by Gasteiger charge is 2.49. The molecule has 3 rings (SSSR count). The highest BCUT2D eigenvalue weighted by Crippen LogP contribution is 2.40. The maximum absolute atomic E-state index is 13.0. The largest absolute Gasteiger partial charge is 0.490 e. The third-order valence-electron chi connectivity index (χ3n) is 5.38. The summed E-state index contributed by atoms with van der Waals surface area (Å²) in [7, 11) is 3.47. The van der Waals surface area contributed by atoms with Crippen LogP contribution < -0.4 is 0 Å². The Hall–Kier alpha value is -2.21. The quantitative estimate of drug-likeness (QED) is 0.733. The van der Waals surface area contributed by atoms with E-state index in [0.29, 0.717) is 6.54 Å². The summed E-state index contributed by atoms with van der Waals surface area (Å²) in [4.78, 5) is 44.0. The molecular formula is C19H27F3N4O4S. The molecule has 0 bridgehead atoms. The van der Waals surface area contributed by atoms with Crippen LogP contribution in [0.25, 0.3) is 0 Å². The zero-order chi connectivity index (χ0) is 23.4. The van der Waals surface area contributed by atoms with E-state index in [1.165, 1.54) is 0 Å². The molecule has 0 saturated carbocycles. The average molecular weight is 465 g/mol. The number of carboxylic acid groups (broad SMARTS) is 1. The Bertz CT molecular complexity index is 814. The van der Waals surface area contributed by atoms with E-state index in [1.807, 2.05) is 6.92 Å². The first-order valence-electron chi connectivity index (χ1n) is 9.77. The predicted octanol–water partition coefficient (Wildman–Crippen LogP) is 1.99. The van der Waals surface area contributed by atoms with Gasteiger partial charge >= 0.3 is 12.1 Å². The summed E-state index contributed by atoms with van der Waals surface area (Å²) in [5, 5.41) is 10.3. The summed E-state index contributed by atoms with van der Waals surface area (Å²) in [6.45, 7) is 5.54. The van der Waals surface area contributed by atoms with Crippen LogP contribution in [0.4, 0.5) is 13.2 Å². The molecule has 0 aliphatic carbocycles. The van der Waals surface area contributed by atoms with Crippen LogP contribution in [0.3, 0.4) is 0 Å². The fourth-order valence-electron chi connectivity index (χ4n) is 3.80. The summed E-state index contributed by atoms with van der Waals surface area (Å²) >= 11 is 1.67. The minimum absolute atomic E-state index is 0.00832. The summed E-state index contributed by atoms with van der Waals surface area (Å²) in [5.74, 6) is -2.60. The smallest absolute Gasteiger partial charge is 0.475 e. The Balaban J connectivity index is 0.000000423. The highest BCUT2D eigenvalue weighted by atomic mass is 32.1. The van der Waals surface area contributed by atoms with Crippen LogP contribution in [0.5, 0.6) is 0 Å². The molecule has 1 N–H and O–H groups in total. The molecule has 1 aromatic heterocycles. The normalized spacial score (nSPS) is 21.7. The number of aliphatic carboxylic acids is 1. The molecule has 0 radical (unpaired) electrons. The van der Waals surface area contributed by atoms with Crippen LogP contribution in [0.2, 0.25) is 0 Å². The summed E-state index contributed by atoms with van der Waals surface area (Å²) in [6.07, 6.45) is -2.26. The number of rotatable bonds is 4. The Kier molecular flexibility index (Phi) is 8.04. The Morgan fingerprint density at radius 2 is 1.94 bits per heavy atom. The van der Waals surface area contributed by atoms with E-state index in [4.69, 9.17) is 9.90 Å². The molecule has 2 aliphatic heterocycles. The van der Waals surface area contributed by atoms with Gasteiger partial charge in [-0.25, -0.2) is 9.78 Å². The van der Waals surface area contributed by atoms with Gasteiger partial charge in [0.15, 0.2) is 0 Å². The number of likely N-dealkylation sites (tertiary alicyclic amines) is 2. The number of thiazole rings is 1. The third kappa shape index (κ3) is 6.63. The Morgan fingerprint density at radius 3 is 2.45 bits per heavy atom. The van der Waals surface area contributed by atoms with Gasteiger partial charge in [0.05, 0.1) is 22.7 Å². The highest BCUT2D eigenvalue weighted by molar-refractivity contribution is 7.09. The molecule has 1 spiro atoms. The van der Waals surface area contributed by atoms with Crippen molar-refractivity contribution in [1.82, 2.24) is 19.7 Å². The number of piperidine rings is 1. The first-order chi connectivity index (χ1) is 14.3. The first kappa shape index (κ1) is 25.1. The van der Waals surface area contributed by atoms with Crippen LogP contribution in [0, 0.1) is 12.3 Å². The second-order valence-corrected chi connectivity index (χ2v) is 9.08. The van der Waals surface area contributed by atoms with Crippen molar-refractivity contribution in [3.63, 3.8) is 0 Å². The number of halogens is 3. The molecule has 174 valence electrons. The van der Waals surface area contributed by atoms with Crippen molar-refractivity contribution >= 4 is 29.1 Å². The number of hydrogen-bond donors (Lipinski definition) is 1. The number of amides is 2.